The van der Waals surface area contributed by atoms with Gasteiger partial charge in [0.05, 0.1) is 0 Å². The first kappa shape index (κ1) is 15.8. The first-order chi connectivity index (χ1) is 8.59. The summed E-state index contributed by atoms with van der Waals surface area (Å²) in [6, 6.07) is 14.3. The van der Waals surface area contributed by atoms with Crippen molar-refractivity contribution < 1.29 is 44.6 Å². The molecule has 2 rings (SSSR count). The first-order valence-electron chi connectivity index (χ1n) is 5.69. The Bertz CT molecular complexity index is 567. The molecule has 0 bridgehead atoms. The van der Waals surface area contributed by atoms with E-state index in [1.54, 1.807) is 12.1 Å². The molecule has 2 aromatic carbocycles. The number of benzene rings is 2. The van der Waals surface area contributed by atoms with E-state index in [2.05, 4.69) is 0 Å². The molecule has 0 spiro atoms. The minimum atomic E-state index is -1.15. The minimum absolute atomic E-state index is 0. The molecule has 2 aromatic rings. The van der Waals surface area contributed by atoms with Gasteiger partial charge in [-0.25, -0.2) is 0 Å². The van der Waals surface area contributed by atoms with Crippen LogP contribution in [-0.4, -0.2) is 11.1 Å². The minimum Gasteiger partial charge on any atom is -0.550 e. The van der Waals surface area contributed by atoms with Crippen molar-refractivity contribution in [1.82, 2.24) is 0 Å². The van der Waals surface area contributed by atoms with Gasteiger partial charge in [-0.3, -0.25) is 0 Å². The quantitative estimate of drug-likeness (QED) is 0.717. The average Bonchev–Trinajstić information content (AvgIpc) is 2.38. The van der Waals surface area contributed by atoms with Crippen molar-refractivity contribution in [3.63, 3.8) is 0 Å². The van der Waals surface area contributed by atoms with Crippen molar-refractivity contribution in [2.24, 2.45) is 0 Å². The summed E-state index contributed by atoms with van der Waals surface area (Å²) in [5.74, 6) is -1.81. The number of hydrogen-bond acceptors (Lipinski definition) is 3. The predicted octanol–water partition coefficient (Wildman–Crippen LogP) is -1.08. The van der Waals surface area contributed by atoms with Gasteiger partial charge >= 0.3 is 29.6 Å². The average molecular weight is 264 g/mol. The molecular formula is C15H13NaO3. The van der Waals surface area contributed by atoms with Crippen LogP contribution in [0.2, 0.25) is 0 Å². The fraction of sp³-hybridized carbons (Fsp3) is 0.133. The molecule has 3 nitrogen and oxygen atoms in total. The van der Waals surface area contributed by atoms with E-state index < -0.39 is 11.9 Å². The normalized spacial score (nSPS) is 11.4. The molecule has 1 atom stereocenters. The number of aromatic hydroxyl groups is 1. The van der Waals surface area contributed by atoms with Crippen molar-refractivity contribution >= 4 is 5.97 Å². The van der Waals surface area contributed by atoms with Gasteiger partial charge in [-0.15, -0.1) is 0 Å². The second-order valence-corrected chi connectivity index (χ2v) is 4.18. The molecular weight excluding hydrogens is 251 g/mol. The summed E-state index contributed by atoms with van der Waals surface area (Å²) in [7, 11) is 0. The van der Waals surface area contributed by atoms with Crippen LogP contribution in [0.15, 0.2) is 48.5 Å². The first-order valence-corrected chi connectivity index (χ1v) is 5.69. The van der Waals surface area contributed by atoms with Gasteiger partial charge in [0.2, 0.25) is 0 Å². The van der Waals surface area contributed by atoms with Gasteiger partial charge in [0, 0.05) is 17.5 Å². The van der Waals surface area contributed by atoms with Gasteiger partial charge < -0.3 is 15.0 Å². The maximum atomic E-state index is 10.8. The Morgan fingerprint density at radius 2 is 1.79 bits per heavy atom. The number of phenols is 1. The van der Waals surface area contributed by atoms with Crippen molar-refractivity contribution in [1.29, 1.82) is 0 Å². The summed E-state index contributed by atoms with van der Waals surface area (Å²) in [4.78, 5) is 10.8. The van der Waals surface area contributed by atoms with Crippen LogP contribution in [0.25, 0.3) is 11.1 Å². The van der Waals surface area contributed by atoms with Gasteiger partial charge in [-0.1, -0.05) is 49.4 Å². The van der Waals surface area contributed by atoms with Gasteiger partial charge in [0.1, 0.15) is 5.75 Å². The Morgan fingerprint density at radius 1 is 1.16 bits per heavy atom. The monoisotopic (exact) mass is 264 g/mol. The van der Waals surface area contributed by atoms with Crippen LogP contribution >= 0.6 is 0 Å². The molecule has 92 valence electrons. The van der Waals surface area contributed by atoms with E-state index >= 15 is 0 Å². The van der Waals surface area contributed by atoms with Crippen LogP contribution in [0.1, 0.15) is 18.4 Å². The summed E-state index contributed by atoms with van der Waals surface area (Å²) in [6.07, 6.45) is 0. The maximum Gasteiger partial charge on any atom is 1.00 e. The Labute approximate surface area is 134 Å². The van der Waals surface area contributed by atoms with Crippen LogP contribution in [0.5, 0.6) is 5.75 Å². The fourth-order valence-electron chi connectivity index (χ4n) is 1.82. The zero-order chi connectivity index (χ0) is 13.1. The Hall–Kier alpha value is -1.29. The zero-order valence-corrected chi connectivity index (χ0v) is 13.0. The molecule has 0 saturated heterocycles. The van der Waals surface area contributed by atoms with Gasteiger partial charge in [0.25, 0.3) is 0 Å². The van der Waals surface area contributed by atoms with E-state index in [-0.39, 0.29) is 35.3 Å². The molecule has 0 fully saturated rings. The molecule has 19 heavy (non-hydrogen) atoms. The van der Waals surface area contributed by atoms with Crippen LogP contribution in [0.4, 0.5) is 0 Å². The van der Waals surface area contributed by atoms with E-state index in [9.17, 15) is 15.0 Å². The zero-order valence-electron chi connectivity index (χ0n) is 11.0. The van der Waals surface area contributed by atoms with Gasteiger partial charge in [-0.05, 0) is 17.2 Å². The number of hydrogen-bond donors (Lipinski definition) is 1. The topological polar surface area (TPSA) is 60.4 Å². The Kier molecular flexibility index (Phi) is 5.60. The molecule has 0 aliphatic carbocycles. The molecule has 1 N–H and O–H groups in total. The number of carbonyl (C=O) groups excluding carboxylic acids is 1. The summed E-state index contributed by atoms with van der Waals surface area (Å²) in [5.41, 5.74) is 2.11. The summed E-state index contributed by atoms with van der Waals surface area (Å²) >= 11 is 0. The van der Waals surface area contributed by atoms with E-state index in [1.807, 2.05) is 30.3 Å². The molecule has 0 aromatic heterocycles. The molecule has 1 unspecified atom stereocenters. The van der Waals surface area contributed by atoms with Crippen molar-refractivity contribution in [2.45, 2.75) is 12.8 Å². The standard InChI is InChI=1S/C15H14O3.Na/c1-10(15(17)18)12-7-8-13(14(16)9-12)11-5-3-2-4-6-11;/h2-10,16H,1H3,(H,17,18);/q;+1/p-1. The van der Waals surface area contributed by atoms with Crippen LogP contribution in [0, 0.1) is 0 Å². The SMILES string of the molecule is CC(C(=O)[O-])c1ccc(-c2ccccc2)c(O)c1.[Na+]. The van der Waals surface area contributed by atoms with Crippen molar-refractivity contribution in [2.75, 3.05) is 0 Å². The van der Waals surface area contributed by atoms with Gasteiger partial charge in [-0.2, -0.15) is 0 Å². The number of phenolic OH excluding ortho intramolecular Hbond substituents is 1. The summed E-state index contributed by atoms with van der Waals surface area (Å²) in [6.45, 7) is 1.53. The molecule has 0 saturated carbocycles. The van der Waals surface area contributed by atoms with Crippen LogP contribution in [0.3, 0.4) is 0 Å². The van der Waals surface area contributed by atoms with Crippen LogP contribution < -0.4 is 34.7 Å². The van der Waals surface area contributed by atoms with E-state index in [0.717, 1.165) is 5.56 Å². The van der Waals surface area contributed by atoms with Crippen LogP contribution in [-0.2, 0) is 4.79 Å². The third-order valence-corrected chi connectivity index (χ3v) is 2.96. The maximum absolute atomic E-state index is 10.8. The van der Waals surface area contributed by atoms with Crippen molar-refractivity contribution in [3.8, 4) is 16.9 Å². The Morgan fingerprint density at radius 3 is 2.32 bits per heavy atom. The predicted molar refractivity (Wildman–Crippen MR) is 67.0 cm³/mol. The number of carboxylic acid groups (broad SMARTS) is 1. The third kappa shape index (κ3) is 3.60. The molecule has 4 heteroatoms. The largest absolute Gasteiger partial charge is 1.00 e. The van der Waals surface area contributed by atoms with E-state index in [0.29, 0.717) is 11.1 Å². The second kappa shape index (κ2) is 6.75. The summed E-state index contributed by atoms with van der Waals surface area (Å²) < 4.78 is 0. The second-order valence-electron chi connectivity index (χ2n) is 4.18. The Balaban J connectivity index is 0.00000180. The van der Waals surface area contributed by atoms with E-state index in [4.69, 9.17) is 0 Å². The number of rotatable bonds is 3. The molecule has 0 radical (unpaired) electrons. The number of carbonyl (C=O) groups is 1. The molecule has 0 amide bonds. The molecule has 0 aliphatic rings. The van der Waals surface area contributed by atoms with E-state index in [1.165, 1.54) is 13.0 Å². The van der Waals surface area contributed by atoms with Gasteiger partial charge in [0.15, 0.2) is 0 Å². The third-order valence-electron chi connectivity index (χ3n) is 2.96. The molecule has 0 heterocycles. The molecule has 0 aliphatic heterocycles. The van der Waals surface area contributed by atoms with Crippen molar-refractivity contribution in [3.05, 3.63) is 54.1 Å². The number of carboxylic acids is 1. The fourth-order valence-corrected chi connectivity index (χ4v) is 1.82. The summed E-state index contributed by atoms with van der Waals surface area (Å²) in [5, 5.41) is 20.7. The number of aliphatic carboxylic acids is 1. The smallest absolute Gasteiger partial charge is 0.550 e.